The highest BCUT2D eigenvalue weighted by atomic mass is 32.2. The summed E-state index contributed by atoms with van der Waals surface area (Å²) >= 11 is 1.37. The number of benzene rings is 1. The zero-order valence-corrected chi connectivity index (χ0v) is 12.4. The van der Waals surface area contributed by atoms with Gasteiger partial charge in [-0.05, 0) is 26.0 Å². The lowest BCUT2D eigenvalue weighted by atomic mass is 10.3. The van der Waals surface area contributed by atoms with Gasteiger partial charge in [0, 0.05) is 6.07 Å². The Morgan fingerprint density at radius 3 is 2.95 bits per heavy atom. The number of fused-ring (bicyclic) bond motifs is 1. The molecule has 0 aliphatic carbocycles. The van der Waals surface area contributed by atoms with Crippen LogP contribution in [-0.4, -0.2) is 26.3 Å². The van der Waals surface area contributed by atoms with Crippen LogP contribution in [0.1, 0.15) is 12.7 Å². The van der Waals surface area contributed by atoms with E-state index in [-0.39, 0.29) is 11.2 Å². The molecule has 7 heteroatoms. The van der Waals surface area contributed by atoms with Crippen LogP contribution >= 0.6 is 11.8 Å². The maximum absolute atomic E-state index is 12.1. The molecular formula is C14H14N4O2S. The number of aromatic amines is 1. The lowest BCUT2D eigenvalue weighted by molar-refractivity contribution is -0.115. The number of aromatic nitrogens is 3. The first-order chi connectivity index (χ1) is 10.1. The summed E-state index contributed by atoms with van der Waals surface area (Å²) < 4.78 is 4.91. The smallest absolute Gasteiger partial charge is 0.238 e. The van der Waals surface area contributed by atoms with Gasteiger partial charge in [0.25, 0.3) is 0 Å². The van der Waals surface area contributed by atoms with E-state index in [0.29, 0.717) is 11.6 Å². The van der Waals surface area contributed by atoms with Crippen LogP contribution in [0.15, 0.2) is 40.0 Å². The first kappa shape index (κ1) is 13.7. The normalized spacial score (nSPS) is 12.5. The molecule has 108 valence electrons. The maximum atomic E-state index is 12.1. The topological polar surface area (TPSA) is 83.8 Å². The third-order valence-corrected chi connectivity index (χ3v) is 3.89. The van der Waals surface area contributed by atoms with Crippen molar-refractivity contribution in [2.75, 3.05) is 5.32 Å². The predicted molar refractivity (Wildman–Crippen MR) is 81.3 cm³/mol. The molecule has 0 radical (unpaired) electrons. The van der Waals surface area contributed by atoms with Crippen LogP contribution in [0, 0.1) is 6.92 Å². The molecule has 0 fully saturated rings. The van der Waals surface area contributed by atoms with Crippen molar-refractivity contribution in [3.8, 4) is 0 Å². The first-order valence-corrected chi connectivity index (χ1v) is 7.35. The van der Waals surface area contributed by atoms with Crippen molar-refractivity contribution < 1.29 is 9.32 Å². The van der Waals surface area contributed by atoms with Gasteiger partial charge >= 0.3 is 0 Å². The van der Waals surface area contributed by atoms with E-state index in [2.05, 4.69) is 20.4 Å². The summed E-state index contributed by atoms with van der Waals surface area (Å²) in [4.78, 5) is 19.7. The number of nitrogens with one attached hydrogen (secondary N) is 2. The van der Waals surface area contributed by atoms with E-state index in [1.165, 1.54) is 11.8 Å². The van der Waals surface area contributed by atoms with Crippen molar-refractivity contribution >= 4 is 34.5 Å². The second kappa shape index (κ2) is 5.61. The Labute approximate surface area is 125 Å². The lowest BCUT2D eigenvalue weighted by Gasteiger charge is -2.07. The molecular weight excluding hydrogens is 288 g/mol. The summed E-state index contributed by atoms with van der Waals surface area (Å²) in [5.74, 6) is 0.936. The molecule has 1 atom stereocenters. The van der Waals surface area contributed by atoms with Crippen molar-refractivity contribution in [3.63, 3.8) is 0 Å². The summed E-state index contributed by atoms with van der Waals surface area (Å²) in [6, 6.07) is 9.43. The summed E-state index contributed by atoms with van der Waals surface area (Å²) in [5, 5.41) is 6.87. The Morgan fingerprint density at radius 2 is 2.24 bits per heavy atom. The Balaban J connectivity index is 1.67. The van der Waals surface area contributed by atoms with Gasteiger partial charge in [-0.3, -0.25) is 4.79 Å². The maximum Gasteiger partial charge on any atom is 0.238 e. The fraction of sp³-hybridized carbons (Fsp3) is 0.214. The van der Waals surface area contributed by atoms with Crippen LogP contribution < -0.4 is 5.32 Å². The molecule has 1 aromatic carbocycles. The van der Waals surface area contributed by atoms with Crippen LogP contribution in [0.5, 0.6) is 0 Å². The largest absolute Gasteiger partial charge is 0.360 e. The average Bonchev–Trinajstić information content (AvgIpc) is 3.04. The molecule has 3 rings (SSSR count). The Kier molecular flexibility index (Phi) is 3.66. The summed E-state index contributed by atoms with van der Waals surface area (Å²) in [6.45, 7) is 3.59. The van der Waals surface area contributed by atoms with Crippen molar-refractivity contribution in [2.45, 2.75) is 24.3 Å². The molecule has 0 unspecified atom stereocenters. The zero-order chi connectivity index (χ0) is 14.8. The third-order valence-electron chi connectivity index (χ3n) is 2.90. The van der Waals surface area contributed by atoms with Gasteiger partial charge in [-0.1, -0.05) is 29.1 Å². The number of thioether (sulfide) groups is 1. The Hall–Kier alpha value is -2.28. The molecule has 0 saturated heterocycles. The molecule has 3 aromatic rings. The van der Waals surface area contributed by atoms with E-state index in [4.69, 9.17) is 4.52 Å². The molecule has 2 N–H and O–H groups in total. The molecule has 2 heterocycles. The Morgan fingerprint density at radius 1 is 1.43 bits per heavy atom. The zero-order valence-electron chi connectivity index (χ0n) is 11.6. The second-order valence-electron chi connectivity index (χ2n) is 4.63. The number of amides is 1. The van der Waals surface area contributed by atoms with E-state index in [9.17, 15) is 4.79 Å². The van der Waals surface area contributed by atoms with Gasteiger partial charge in [-0.15, -0.1) is 0 Å². The van der Waals surface area contributed by atoms with Gasteiger partial charge in [0.1, 0.15) is 5.76 Å². The van der Waals surface area contributed by atoms with Crippen LogP contribution in [0.4, 0.5) is 5.82 Å². The predicted octanol–water partition coefficient (Wildman–Crippen LogP) is 2.98. The van der Waals surface area contributed by atoms with Gasteiger partial charge in [0.2, 0.25) is 5.91 Å². The average molecular weight is 302 g/mol. The monoisotopic (exact) mass is 302 g/mol. The molecule has 1 amide bonds. The molecule has 0 saturated carbocycles. The second-order valence-corrected chi connectivity index (χ2v) is 5.96. The quantitative estimate of drug-likeness (QED) is 0.724. The minimum atomic E-state index is -0.303. The standard InChI is InChI=1S/C14H14N4O2S/c1-8-7-12(18-20-8)17-13(19)9(2)21-14-15-10-5-3-4-6-11(10)16-14/h3-7,9H,1-2H3,(H,15,16)(H,17,18,19)/t9-/m1/s1. The summed E-state index contributed by atoms with van der Waals surface area (Å²) in [6.07, 6.45) is 0. The number of imidazole rings is 1. The highest BCUT2D eigenvalue weighted by Crippen LogP contribution is 2.24. The molecule has 6 nitrogen and oxygen atoms in total. The van der Waals surface area contributed by atoms with Gasteiger partial charge in [-0.25, -0.2) is 4.98 Å². The number of nitrogens with zero attached hydrogens (tertiary/aromatic N) is 2. The van der Waals surface area contributed by atoms with E-state index < -0.39 is 0 Å². The summed E-state index contributed by atoms with van der Waals surface area (Å²) in [5.41, 5.74) is 1.85. The van der Waals surface area contributed by atoms with Gasteiger partial charge < -0.3 is 14.8 Å². The first-order valence-electron chi connectivity index (χ1n) is 6.47. The van der Waals surface area contributed by atoms with Crippen LogP contribution in [0.25, 0.3) is 11.0 Å². The van der Waals surface area contributed by atoms with Gasteiger partial charge in [0.15, 0.2) is 11.0 Å². The van der Waals surface area contributed by atoms with E-state index in [1.54, 1.807) is 13.0 Å². The summed E-state index contributed by atoms with van der Waals surface area (Å²) in [7, 11) is 0. The van der Waals surface area contributed by atoms with Crippen LogP contribution in [0.2, 0.25) is 0 Å². The van der Waals surface area contributed by atoms with Gasteiger partial charge in [0.05, 0.1) is 16.3 Å². The van der Waals surface area contributed by atoms with Crippen molar-refractivity contribution in [3.05, 3.63) is 36.1 Å². The molecule has 0 bridgehead atoms. The van der Waals surface area contributed by atoms with Gasteiger partial charge in [-0.2, -0.15) is 0 Å². The van der Waals surface area contributed by atoms with Crippen molar-refractivity contribution in [1.82, 2.24) is 15.1 Å². The number of hydrogen-bond donors (Lipinski definition) is 2. The number of anilines is 1. The fourth-order valence-electron chi connectivity index (χ4n) is 1.86. The number of para-hydroxylation sites is 2. The van der Waals surface area contributed by atoms with Crippen LogP contribution in [-0.2, 0) is 4.79 Å². The fourth-order valence-corrected chi connectivity index (χ4v) is 2.68. The minimum absolute atomic E-state index is 0.145. The Bertz CT molecular complexity index is 747. The highest BCUT2D eigenvalue weighted by molar-refractivity contribution is 8.00. The van der Waals surface area contributed by atoms with Crippen molar-refractivity contribution in [2.24, 2.45) is 0 Å². The molecule has 0 spiro atoms. The van der Waals surface area contributed by atoms with E-state index >= 15 is 0 Å². The van der Waals surface area contributed by atoms with E-state index in [1.807, 2.05) is 31.2 Å². The molecule has 0 aliphatic heterocycles. The highest BCUT2D eigenvalue weighted by Gasteiger charge is 2.17. The van der Waals surface area contributed by atoms with E-state index in [0.717, 1.165) is 16.2 Å². The number of carbonyl (C=O) groups is 1. The third kappa shape index (κ3) is 3.08. The minimum Gasteiger partial charge on any atom is -0.360 e. The molecule has 21 heavy (non-hydrogen) atoms. The van der Waals surface area contributed by atoms with Crippen LogP contribution in [0.3, 0.4) is 0 Å². The molecule has 0 aliphatic rings. The SMILES string of the molecule is Cc1cc(NC(=O)[C@@H](C)Sc2nc3ccccc3[nH]2)no1. The molecule has 2 aromatic heterocycles. The lowest BCUT2D eigenvalue weighted by Crippen LogP contribution is -2.22. The number of hydrogen-bond acceptors (Lipinski definition) is 5. The van der Waals surface area contributed by atoms with Crippen molar-refractivity contribution in [1.29, 1.82) is 0 Å². The number of carbonyl (C=O) groups excluding carboxylic acids is 1. The number of aryl methyl sites for hydroxylation is 1. The number of H-pyrrole nitrogens is 1. The number of rotatable bonds is 4.